The van der Waals surface area contributed by atoms with Crippen molar-refractivity contribution >= 4 is 11.8 Å². The maximum absolute atomic E-state index is 12.0. The molecule has 0 aromatic heterocycles. The Kier molecular flexibility index (Phi) is 6.24. The van der Waals surface area contributed by atoms with E-state index in [-0.39, 0.29) is 18.7 Å². The molecule has 6 heteroatoms. The number of aliphatic hydroxyl groups is 1. The number of nitrogens with zero attached hydrogens (tertiary/aromatic N) is 2. The molecule has 1 fully saturated rings. The Morgan fingerprint density at radius 3 is 2.47 bits per heavy atom. The first-order chi connectivity index (χ1) is 8.99. The van der Waals surface area contributed by atoms with E-state index in [0.717, 1.165) is 25.9 Å². The van der Waals surface area contributed by atoms with Gasteiger partial charge in [-0.2, -0.15) is 0 Å². The molecule has 1 heterocycles. The van der Waals surface area contributed by atoms with Gasteiger partial charge in [0.1, 0.15) is 0 Å². The number of carbonyl (C=O) groups is 2. The number of piperidine rings is 1. The van der Waals surface area contributed by atoms with Crippen molar-refractivity contribution in [2.45, 2.75) is 38.3 Å². The van der Waals surface area contributed by atoms with Crippen LogP contribution in [0.5, 0.6) is 0 Å². The van der Waals surface area contributed by atoms with Crippen molar-refractivity contribution in [1.82, 2.24) is 15.1 Å². The fraction of sp³-hybridized carbons (Fsp3) is 0.846. The smallest absolute Gasteiger partial charge is 0.311 e. The first kappa shape index (κ1) is 15.9. The first-order valence-corrected chi connectivity index (χ1v) is 6.86. The van der Waals surface area contributed by atoms with Crippen LogP contribution < -0.4 is 5.32 Å². The van der Waals surface area contributed by atoms with Gasteiger partial charge in [-0.05, 0) is 39.4 Å². The minimum Gasteiger partial charge on any atom is -0.394 e. The normalized spacial score (nSPS) is 18.9. The molecule has 1 unspecified atom stereocenters. The summed E-state index contributed by atoms with van der Waals surface area (Å²) in [5.41, 5.74) is 0. The maximum atomic E-state index is 12.0. The second-order valence-electron chi connectivity index (χ2n) is 5.21. The average molecular weight is 271 g/mol. The zero-order valence-corrected chi connectivity index (χ0v) is 12.1. The first-order valence-electron chi connectivity index (χ1n) is 6.86. The van der Waals surface area contributed by atoms with E-state index in [4.69, 9.17) is 5.11 Å². The van der Waals surface area contributed by atoms with Gasteiger partial charge in [-0.1, -0.05) is 6.92 Å². The summed E-state index contributed by atoms with van der Waals surface area (Å²) in [5.74, 6) is -1.14. The summed E-state index contributed by atoms with van der Waals surface area (Å²) in [6.07, 6.45) is 2.39. The third-order valence-corrected chi connectivity index (χ3v) is 3.80. The molecule has 0 aromatic rings. The summed E-state index contributed by atoms with van der Waals surface area (Å²) in [5, 5.41) is 11.6. The Labute approximate surface area is 114 Å². The van der Waals surface area contributed by atoms with Gasteiger partial charge in [0.2, 0.25) is 0 Å². The fourth-order valence-electron chi connectivity index (χ4n) is 2.23. The third kappa shape index (κ3) is 4.47. The number of amides is 2. The SMILES string of the molecule is CCC(CO)NC(=O)C(=O)N(C)C1CCN(C)CC1. The highest BCUT2D eigenvalue weighted by atomic mass is 16.3. The van der Waals surface area contributed by atoms with Crippen molar-refractivity contribution in [2.24, 2.45) is 0 Å². The molecule has 2 amide bonds. The average Bonchev–Trinajstić information content (AvgIpc) is 2.43. The Hall–Kier alpha value is -1.14. The highest BCUT2D eigenvalue weighted by Gasteiger charge is 2.28. The van der Waals surface area contributed by atoms with Gasteiger partial charge in [0, 0.05) is 13.1 Å². The Bertz CT molecular complexity index is 310. The van der Waals surface area contributed by atoms with Crippen molar-refractivity contribution < 1.29 is 14.7 Å². The summed E-state index contributed by atoms with van der Waals surface area (Å²) >= 11 is 0. The van der Waals surface area contributed by atoms with Gasteiger partial charge in [0.15, 0.2) is 0 Å². The lowest BCUT2D eigenvalue weighted by atomic mass is 10.0. The standard InChI is InChI=1S/C13H25N3O3/c1-4-10(9-17)14-12(18)13(19)16(3)11-5-7-15(2)8-6-11/h10-11,17H,4-9H2,1-3H3,(H,14,18). The second kappa shape index (κ2) is 7.45. The molecule has 0 bridgehead atoms. The molecule has 0 saturated carbocycles. The van der Waals surface area contributed by atoms with Gasteiger partial charge in [0.25, 0.3) is 0 Å². The molecule has 0 aromatic carbocycles. The van der Waals surface area contributed by atoms with Crippen LogP contribution in [0.2, 0.25) is 0 Å². The third-order valence-electron chi connectivity index (χ3n) is 3.80. The number of hydrogen-bond acceptors (Lipinski definition) is 4. The predicted octanol–water partition coefficient (Wildman–Crippen LogP) is -0.574. The van der Waals surface area contributed by atoms with Crippen LogP contribution in [0.25, 0.3) is 0 Å². The van der Waals surface area contributed by atoms with Crippen molar-refractivity contribution in [3.8, 4) is 0 Å². The van der Waals surface area contributed by atoms with Crippen molar-refractivity contribution in [1.29, 1.82) is 0 Å². The van der Waals surface area contributed by atoms with Crippen LogP contribution in [-0.4, -0.2) is 72.6 Å². The highest BCUT2D eigenvalue weighted by molar-refractivity contribution is 6.35. The van der Waals surface area contributed by atoms with Gasteiger partial charge < -0.3 is 20.2 Å². The minimum atomic E-state index is -0.623. The van der Waals surface area contributed by atoms with E-state index in [2.05, 4.69) is 17.3 Å². The minimum absolute atomic E-state index is 0.128. The summed E-state index contributed by atoms with van der Waals surface area (Å²) < 4.78 is 0. The number of likely N-dealkylation sites (N-methyl/N-ethyl adjacent to an activating group) is 1. The molecule has 1 rings (SSSR count). The van der Waals surface area contributed by atoms with Crippen LogP contribution in [0.4, 0.5) is 0 Å². The molecule has 0 spiro atoms. The molecule has 1 atom stereocenters. The largest absolute Gasteiger partial charge is 0.394 e. The molecule has 0 aliphatic carbocycles. The van der Waals surface area contributed by atoms with E-state index in [1.165, 1.54) is 4.90 Å². The van der Waals surface area contributed by atoms with E-state index >= 15 is 0 Å². The number of nitrogens with one attached hydrogen (secondary N) is 1. The molecular formula is C13H25N3O3. The Morgan fingerprint density at radius 2 is 2.00 bits per heavy atom. The number of likely N-dealkylation sites (tertiary alicyclic amines) is 1. The van der Waals surface area contributed by atoms with E-state index in [1.54, 1.807) is 7.05 Å². The Morgan fingerprint density at radius 1 is 1.42 bits per heavy atom. The highest BCUT2D eigenvalue weighted by Crippen LogP contribution is 2.14. The fourth-order valence-corrected chi connectivity index (χ4v) is 2.23. The molecule has 110 valence electrons. The molecule has 19 heavy (non-hydrogen) atoms. The van der Waals surface area contributed by atoms with E-state index < -0.39 is 11.8 Å². The monoisotopic (exact) mass is 271 g/mol. The second-order valence-corrected chi connectivity index (χ2v) is 5.21. The van der Waals surface area contributed by atoms with Crippen LogP contribution in [-0.2, 0) is 9.59 Å². The van der Waals surface area contributed by atoms with E-state index in [1.807, 2.05) is 6.92 Å². The lowest BCUT2D eigenvalue weighted by Crippen LogP contribution is -2.51. The van der Waals surface area contributed by atoms with Gasteiger partial charge in [-0.3, -0.25) is 9.59 Å². The number of hydrogen-bond donors (Lipinski definition) is 2. The van der Waals surface area contributed by atoms with E-state index in [9.17, 15) is 9.59 Å². The molecular weight excluding hydrogens is 246 g/mol. The van der Waals surface area contributed by atoms with Crippen LogP contribution >= 0.6 is 0 Å². The van der Waals surface area contributed by atoms with Gasteiger partial charge in [-0.15, -0.1) is 0 Å². The summed E-state index contributed by atoms with van der Waals surface area (Å²) in [7, 11) is 3.73. The summed E-state index contributed by atoms with van der Waals surface area (Å²) in [6, 6.07) is -0.217. The van der Waals surface area contributed by atoms with Crippen LogP contribution in [0.3, 0.4) is 0 Å². The summed E-state index contributed by atoms with van der Waals surface area (Å²) in [4.78, 5) is 27.6. The van der Waals surface area contributed by atoms with Gasteiger partial charge in [-0.25, -0.2) is 0 Å². The van der Waals surface area contributed by atoms with Crippen LogP contribution in [0, 0.1) is 0 Å². The van der Waals surface area contributed by atoms with E-state index in [0.29, 0.717) is 6.42 Å². The molecule has 1 saturated heterocycles. The lowest BCUT2D eigenvalue weighted by molar-refractivity contribution is -0.147. The molecule has 0 radical (unpaired) electrons. The molecule has 2 N–H and O–H groups in total. The number of carbonyl (C=O) groups excluding carboxylic acids is 2. The van der Waals surface area contributed by atoms with Gasteiger partial charge >= 0.3 is 11.8 Å². The van der Waals surface area contributed by atoms with Crippen molar-refractivity contribution in [3.63, 3.8) is 0 Å². The number of aliphatic hydroxyl groups excluding tert-OH is 1. The molecule has 1 aliphatic heterocycles. The topological polar surface area (TPSA) is 72.9 Å². The van der Waals surface area contributed by atoms with Crippen molar-refractivity contribution in [2.75, 3.05) is 33.8 Å². The number of rotatable bonds is 4. The molecule has 1 aliphatic rings. The van der Waals surface area contributed by atoms with Crippen molar-refractivity contribution in [3.05, 3.63) is 0 Å². The zero-order valence-electron chi connectivity index (χ0n) is 12.1. The summed E-state index contributed by atoms with van der Waals surface area (Å²) in [6.45, 7) is 3.59. The predicted molar refractivity (Wildman–Crippen MR) is 72.6 cm³/mol. The maximum Gasteiger partial charge on any atom is 0.311 e. The van der Waals surface area contributed by atoms with Crippen LogP contribution in [0.15, 0.2) is 0 Å². The lowest BCUT2D eigenvalue weighted by Gasteiger charge is -2.34. The van der Waals surface area contributed by atoms with Gasteiger partial charge in [0.05, 0.1) is 12.6 Å². The quantitative estimate of drug-likeness (QED) is 0.671. The zero-order chi connectivity index (χ0) is 14.4. The Balaban J connectivity index is 2.49. The van der Waals surface area contributed by atoms with Crippen LogP contribution in [0.1, 0.15) is 26.2 Å². The molecule has 6 nitrogen and oxygen atoms in total.